The first-order valence-electron chi connectivity index (χ1n) is 15.2. The van der Waals surface area contributed by atoms with Crippen LogP contribution in [0.3, 0.4) is 0 Å². The summed E-state index contributed by atoms with van der Waals surface area (Å²) in [4.78, 5) is 29.2. The van der Waals surface area contributed by atoms with Crippen molar-refractivity contribution >= 4 is 39.6 Å². The summed E-state index contributed by atoms with van der Waals surface area (Å²) in [5.74, 6) is 0. The lowest BCUT2D eigenvalue weighted by Crippen LogP contribution is -2.45. The molecule has 3 unspecified atom stereocenters. The van der Waals surface area contributed by atoms with Crippen molar-refractivity contribution in [1.29, 1.82) is 0 Å². The fraction of sp³-hybridized carbons (Fsp3) is 0.571. The number of aryl methyl sites for hydroxylation is 6. The molecule has 5 atom stereocenters. The Labute approximate surface area is 262 Å². The predicted octanol–water partition coefficient (Wildman–Crippen LogP) is 11.0. The molecule has 0 spiro atoms. The Balaban J connectivity index is 1.92. The molecule has 1 fully saturated rings. The SMILES string of the molecule is Cc1cc(C)c(C2=NO[C@@]3(C(C)(C)C)P2P(C(=O)C(C)(C)C)[C@@]2(C(C)(C)C)ON=C(c4c(C)cc(C)cc4C)P23)c(C)c1. The van der Waals surface area contributed by atoms with Gasteiger partial charge < -0.3 is 9.68 Å². The van der Waals surface area contributed by atoms with Crippen LogP contribution >= 0.6 is 23.1 Å². The van der Waals surface area contributed by atoms with E-state index in [-0.39, 0.29) is 16.4 Å². The summed E-state index contributed by atoms with van der Waals surface area (Å²) in [6, 6.07) is 8.93. The molecule has 3 aliphatic rings. The molecular weight excluding hydrogens is 589 g/mol. The van der Waals surface area contributed by atoms with E-state index in [0.717, 1.165) is 22.0 Å². The fourth-order valence-corrected chi connectivity index (χ4v) is 27.7. The van der Waals surface area contributed by atoms with E-state index < -0.39 is 38.7 Å². The minimum atomic E-state index is -1.44. The number of rotatable bonds is 3. The van der Waals surface area contributed by atoms with Crippen LogP contribution < -0.4 is 0 Å². The zero-order chi connectivity index (χ0) is 32.2. The average molecular weight is 639 g/mol. The summed E-state index contributed by atoms with van der Waals surface area (Å²) >= 11 is 0. The molecule has 0 bridgehead atoms. The van der Waals surface area contributed by atoms with E-state index >= 15 is 4.79 Å². The van der Waals surface area contributed by atoms with Crippen LogP contribution in [-0.2, 0) is 14.5 Å². The van der Waals surface area contributed by atoms with Gasteiger partial charge in [-0.05, 0) is 63.8 Å². The summed E-state index contributed by atoms with van der Waals surface area (Å²) in [5.41, 5.74) is 10.4. The quantitative estimate of drug-likeness (QED) is 0.314. The highest BCUT2D eigenvalue weighted by atomic mass is 32.1. The van der Waals surface area contributed by atoms with Gasteiger partial charge in [0.2, 0.25) is 0 Å². The zero-order valence-electron chi connectivity index (χ0n) is 28.8. The average Bonchev–Trinajstić information content (AvgIpc) is 3.45. The first-order valence-corrected chi connectivity index (χ1v) is 20.0. The van der Waals surface area contributed by atoms with Crippen molar-refractivity contribution in [2.45, 2.75) is 114 Å². The van der Waals surface area contributed by atoms with E-state index in [1.165, 1.54) is 33.4 Å². The lowest BCUT2D eigenvalue weighted by atomic mass is 9.97. The Kier molecular flexibility index (Phi) is 7.74. The maximum atomic E-state index is 15.1. The van der Waals surface area contributed by atoms with E-state index in [1.807, 2.05) is 0 Å². The van der Waals surface area contributed by atoms with Gasteiger partial charge in [0.05, 0.1) is 15.5 Å². The van der Waals surface area contributed by atoms with Gasteiger partial charge in [-0.25, -0.2) is 0 Å². The summed E-state index contributed by atoms with van der Waals surface area (Å²) in [6.07, 6.45) is 0. The van der Waals surface area contributed by atoms with Crippen LogP contribution in [0.5, 0.6) is 0 Å². The Bertz CT molecular complexity index is 1540. The Morgan fingerprint density at radius 3 is 1.40 bits per heavy atom. The number of fused-ring (bicyclic) bond motifs is 3. The first kappa shape index (κ1) is 32.7. The van der Waals surface area contributed by atoms with Crippen LogP contribution in [0.1, 0.15) is 107 Å². The van der Waals surface area contributed by atoms with Crippen molar-refractivity contribution in [1.82, 2.24) is 0 Å². The molecule has 3 aliphatic heterocycles. The van der Waals surface area contributed by atoms with Gasteiger partial charge in [0, 0.05) is 35.0 Å². The molecule has 0 aromatic heterocycles. The maximum absolute atomic E-state index is 15.1. The minimum Gasteiger partial charge on any atom is -0.378 e. The summed E-state index contributed by atoms with van der Waals surface area (Å²) in [6.45, 7) is 32.7. The molecule has 2 aromatic rings. The third kappa shape index (κ3) is 4.54. The van der Waals surface area contributed by atoms with Gasteiger partial charge in [0.15, 0.2) is 15.7 Å². The monoisotopic (exact) mass is 638 g/mol. The highest BCUT2D eigenvalue weighted by molar-refractivity contribution is 8.50. The number of hydrogen-bond acceptors (Lipinski definition) is 5. The second-order valence-corrected chi connectivity index (χ2v) is 24.6. The molecule has 0 radical (unpaired) electrons. The van der Waals surface area contributed by atoms with Crippen LogP contribution in [0.15, 0.2) is 34.6 Å². The second kappa shape index (κ2) is 10.2. The lowest BCUT2D eigenvalue weighted by molar-refractivity contribution is -0.118. The van der Waals surface area contributed by atoms with Gasteiger partial charge in [-0.3, -0.25) is 4.79 Å². The van der Waals surface area contributed by atoms with Gasteiger partial charge in [-0.15, -0.1) is 0 Å². The first-order chi connectivity index (χ1) is 19.6. The topological polar surface area (TPSA) is 60.2 Å². The molecule has 3 heterocycles. The molecule has 8 heteroatoms. The molecular formula is C35H49N2O3P3. The molecule has 0 saturated carbocycles. The third-order valence-electron chi connectivity index (χ3n) is 8.90. The fourth-order valence-electron chi connectivity index (χ4n) is 7.14. The Hall–Kier alpha value is -1.66. The van der Waals surface area contributed by atoms with Crippen LogP contribution in [0.4, 0.5) is 0 Å². The number of oxime groups is 2. The molecule has 0 amide bonds. The maximum Gasteiger partial charge on any atom is 0.199 e. The van der Waals surface area contributed by atoms with Gasteiger partial charge in [-0.2, -0.15) is 0 Å². The smallest absolute Gasteiger partial charge is 0.199 e. The molecule has 43 heavy (non-hydrogen) atoms. The summed E-state index contributed by atoms with van der Waals surface area (Å²) in [5, 5.41) is 8.59. The van der Waals surface area contributed by atoms with Crippen molar-refractivity contribution in [3.63, 3.8) is 0 Å². The van der Waals surface area contributed by atoms with E-state index in [2.05, 4.69) is 128 Å². The lowest BCUT2D eigenvalue weighted by Gasteiger charge is -2.47. The molecule has 232 valence electrons. The van der Waals surface area contributed by atoms with Crippen LogP contribution in [0, 0.1) is 57.8 Å². The highest BCUT2D eigenvalue weighted by Crippen LogP contribution is 3.06. The number of carbonyl (C=O) groups is 1. The molecule has 0 aliphatic carbocycles. The number of nitrogens with zero attached hydrogens (tertiary/aromatic N) is 2. The third-order valence-corrected chi connectivity index (χ3v) is 24.5. The normalized spacial score (nSPS) is 28.6. The van der Waals surface area contributed by atoms with Gasteiger partial charge in [0.25, 0.3) is 0 Å². The van der Waals surface area contributed by atoms with Gasteiger partial charge in [0.1, 0.15) is 10.9 Å². The van der Waals surface area contributed by atoms with E-state index in [0.29, 0.717) is 0 Å². The summed E-state index contributed by atoms with van der Waals surface area (Å²) in [7, 11) is -3.97. The van der Waals surface area contributed by atoms with Crippen molar-refractivity contribution < 1.29 is 14.5 Å². The largest absolute Gasteiger partial charge is 0.378 e. The molecule has 5 nitrogen and oxygen atoms in total. The van der Waals surface area contributed by atoms with Gasteiger partial charge >= 0.3 is 0 Å². The van der Waals surface area contributed by atoms with Crippen molar-refractivity contribution in [2.75, 3.05) is 0 Å². The molecule has 0 N–H and O–H groups in total. The second-order valence-electron chi connectivity index (χ2n) is 15.8. The highest BCUT2D eigenvalue weighted by Gasteiger charge is 2.85. The number of benzene rings is 2. The van der Waals surface area contributed by atoms with E-state index in [1.54, 1.807) is 0 Å². The minimum absolute atomic E-state index is 0.275. The van der Waals surface area contributed by atoms with Crippen LogP contribution in [0.2, 0.25) is 0 Å². The Morgan fingerprint density at radius 1 is 0.628 bits per heavy atom. The number of carbonyl (C=O) groups excluding carboxylic acids is 1. The van der Waals surface area contributed by atoms with Crippen molar-refractivity contribution in [3.8, 4) is 0 Å². The number of hydrogen-bond donors (Lipinski definition) is 0. The van der Waals surface area contributed by atoms with Crippen LogP contribution in [0.25, 0.3) is 0 Å². The van der Waals surface area contributed by atoms with Crippen molar-refractivity contribution in [3.05, 3.63) is 68.8 Å². The molecule has 2 aromatic carbocycles. The standard InChI is InChI=1S/C35H49N2O3P3/c1-20-16-22(3)26(23(4)17-20)28-36-40-35(33(13,14)15)41(28)34(32(10,11)12)39-37-29(27-24(5)18-21(2)19-25(27)6)42(34)43(35)30(38)31(7,8)9/h16-19H,1-15H3/t34-,35+,41?,42?,43?/m1/s1. The van der Waals surface area contributed by atoms with E-state index in [4.69, 9.17) is 20.0 Å². The van der Waals surface area contributed by atoms with Gasteiger partial charge in [-0.1, -0.05) is 108 Å². The van der Waals surface area contributed by atoms with E-state index in [9.17, 15) is 0 Å². The summed E-state index contributed by atoms with van der Waals surface area (Å²) < 4.78 is 0. The molecule has 1 saturated heterocycles. The zero-order valence-corrected chi connectivity index (χ0v) is 31.5. The molecule has 5 rings (SSSR count). The Morgan fingerprint density at radius 2 is 1.00 bits per heavy atom. The van der Waals surface area contributed by atoms with Crippen molar-refractivity contribution in [2.24, 2.45) is 26.6 Å². The van der Waals surface area contributed by atoms with Crippen LogP contribution in [-0.4, -0.2) is 26.6 Å². The predicted molar refractivity (Wildman–Crippen MR) is 186 cm³/mol.